The van der Waals surface area contributed by atoms with Crippen LogP contribution in [0.3, 0.4) is 0 Å². The maximum atomic E-state index is 13.6. The van der Waals surface area contributed by atoms with E-state index in [2.05, 4.69) is 5.32 Å². The molecule has 0 aromatic heterocycles. The number of methoxy groups -OCH3 is 1. The molecule has 26 heavy (non-hydrogen) atoms. The molecule has 2 N–H and O–H groups in total. The van der Waals surface area contributed by atoms with Gasteiger partial charge in [-0.2, -0.15) is 0 Å². The highest BCUT2D eigenvalue weighted by Crippen LogP contribution is 2.52. The molecule has 0 unspecified atom stereocenters. The Morgan fingerprint density at radius 2 is 1.92 bits per heavy atom. The minimum Gasteiger partial charge on any atom is -0.386 e. The number of fused-ring (bicyclic) bond motifs is 2. The van der Waals surface area contributed by atoms with Gasteiger partial charge < -0.3 is 15.2 Å². The van der Waals surface area contributed by atoms with E-state index in [0.717, 1.165) is 31.6 Å². The van der Waals surface area contributed by atoms with Gasteiger partial charge in [-0.3, -0.25) is 0 Å². The molecule has 144 valence electrons. The van der Waals surface area contributed by atoms with Crippen molar-refractivity contribution in [1.82, 2.24) is 5.32 Å². The average Bonchev–Trinajstić information content (AvgIpc) is 3.24. The van der Waals surface area contributed by atoms with E-state index in [0.29, 0.717) is 11.7 Å². The summed E-state index contributed by atoms with van der Waals surface area (Å²) >= 11 is 0. The van der Waals surface area contributed by atoms with Crippen LogP contribution >= 0.6 is 0 Å². The molecule has 3 fully saturated rings. The third-order valence-corrected chi connectivity index (χ3v) is 7.46. The standard InChI is InChI=1S/C22H32FNO2/c1-26-19-7-5-16(6-8-19)9-10-21-11-13-22(24-21,14-12-21)20(25)17-3-2-4-18(23)15-17/h2-4,15-16,19-20,24-25H,5-14H2,1H3/t16?,19?,20-,21?,22?/m0/s1. The number of benzene rings is 1. The number of nitrogens with one attached hydrogen (secondary N) is 1. The van der Waals surface area contributed by atoms with E-state index in [9.17, 15) is 9.50 Å². The number of halogens is 1. The number of hydrogen-bond acceptors (Lipinski definition) is 3. The second kappa shape index (κ2) is 7.21. The fourth-order valence-corrected chi connectivity index (χ4v) is 5.74. The maximum absolute atomic E-state index is 13.6. The van der Waals surface area contributed by atoms with Crippen LogP contribution < -0.4 is 5.32 Å². The third kappa shape index (κ3) is 3.44. The molecule has 1 aliphatic carbocycles. The zero-order valence-electron chi connectivity index (χ0n) is 15.8. The number of aliphatic hydroxyl groups is 1. The Balaban J connectivity index is 1.36. The summed E-state index contributed by atoms with van der Waals surface area (Å²) in [7, 11) is 1.83. The molecule has 3 aliphatic rings. The van der Waals surface area contributed by atoms with Crippen LogP contribution in [0.5, 0.6) is 0 Å². The van der Waals surface area contributed by atoms with Crippen LogP contribution in [0.1, 0.15) is 75.9 Å². The lowest BCUT2D eigenvalue weighted by Gasteiger charge is -2.32. The van der Waals surface area contributed by atoms with Crippen LogP contribution in [0, 0.1) is 11.7 Å². The topological polar surface area (TPSA) is 41.5 Å². The summed E-state index contributed by atoms with van der Waals surface area (Å²) in [6.07, 6.45) is 11.5. The smallest absolute Gasteiger partial charge is 0.123 e. The first-order valence-corrected chi connectivity index (χ1v) is 10.3. The molecule has 1 aromatic carbocycles. The molecule has 3 nitrogen and oxygen atoms in total. The lowest BCUT2D eigenvalue weighted by Crippen LogP contribution is -2.46. The predicted octanol–water partition coefficient (Wildman–Crippen LogP) is 4.50. The highest BCUT2D eigenvalue weighted by atomic mass is 19.1. The van der Waals surface area contributed by atoms with E-state index in [4.69, 9.17) is 4.74 Å². The molecule has 1 saturated carbocycles. The first-order valence-electron chi connectivity index (χ1n) is 10.3. The van der Waals surface area contributed by atoms with Crippen molar-refractivity contribution < 1.29 is 14.2 Å². The number of hydrogen-bond donors (Lipinski definition) is 2. The molecule has 2 bridgehead atoms. The predicted molar refractivity (Wildman–Crippen MR) is 100 cm³/mol. The first-order chi connectivity index (χ1) is 12.5. The summed E-state index contributed by atoms with van der Waals surface area (Å²) in [5.74, 6) is 0.549. The quantitative estimate of drug-likeness (QED) is 0.784. The molecule has 4 heteroatoms. The van der Waals surface area contributed by atoms with E-state index in [1.165, 1.54) is 50.7 Å². The fourth-order valence-electron chi connectivity index (χ4n) is 5.74. The van der Waals surface area contributed by atoms with E-state index in [1.54, 1.807) is 6.07 Å². The molecular weight excluding hydrogens is 329 g/mol. The Hall–Kier alpha value is -0.970. The Labute approximate surface area is 156 Å². The summed E-state index contributed by atoms with van der Waals surface area (Å²) in [5.41, 5.74) is 0.626. The van der Waals surface area contributed by atoms with Gasteiger partial charge in [0.15, 0.2) is 0 Å². The Morgan fingerprint density at radius 3 is 2.58 bits per heavy atom. The number of rotatable bonds is 6. The summed E-state index contributed by atoms with van der Waals surface area (Å²) < 4.78 is 19.1. The summed E-state index contributed by atoms with van der Waals surface area (Å²) in [6.45, 7) is 0. The van der Waals surface area contributed by atoms with Gasteiger partial charge in [0, 0.05) is 18.2 Å². The van der Waals surface area contributed by atoms with Gasteiger partial charge in [0.2, 0.25) is 0 Å². The molecule has 4 rings (SSSR count). The highest BCUT2D eigenvalue weighted by Gasteiger charge is 2.56. The molecule has 0 amide bonds. The second-order valence-electron chi connectivity index (χ2n) is 8.94. The minimum atomic E-state index is -0.625. The van der Waals surface area contributed by atoms with E-state index < -0.39 is 6.10 Å². The highest BCUT2D eigenvalue weighted by molar-refractivity contribution is 5.27. The van der Waals surface area contributed by atoms with Crippen LogP contribution in [0.25, 0.3) is 0 Å². The van der Waals surface area contributed by atoms with Crippen LogP contribution in [0.2, 0.25) is 0 Å². The van der Waals surface area contributed by atoms with Gasteiger partial charge in [-0.15, -0.1) is 0 Å². The Kier molecular flexibility index (Phi) is 5.10. The van der Waals surface area contributed by atoms with Crippen molar-refractivity contribution >= 4 is 0 Å². The molecule has 0 spiro atoms. The normalized spacial score (nSPS) is 37.8. The van der Waals surface area contributed by atoms with Crippen molar-refractivity contribution in [3.8, 4) is 0 Å². The third-order valence-electron chi connectivity index (χ3n) is 7.46. The molecular formula is C22H32FNO2. The van der Waals surface area contributed by atoms with Crippen molar-refractivity contribution in [2.45, 2.75) is 87.5 Å². The van der Waals surface area contributed by atoms with Gasteiger partial charge in [-0.1, -0.05) is 12.1 Å². The van der Waals surface area contributed by atoms with Crippen molar-refractivity contribution in [2.75, 3.05) is 7.11 Å². The van der Waals surface area contributed by atoms with Gasteiger partial charge in [0.1, 0.15) is 5.82 Å². The molecule has 0 radical (unpaired) electrons. The number of ether oxygens (including phenoxy) is 1. The van der Waals surface area contributed by atoms with Crippen molar-refractivity contribution in [3.63, 3.8) is 0 Å². The molecule has 2 saturated heterocycles. The number of aliphatic hydroxyl groups excluding tert-OH is 1. The SMILES string of the molecule is COC1CCC(CCC23CCC([C@@H](O)c4cccc(F)c4)(CC2)N3)CC1. The second-order valence-corrected chi connectivity index (χ2v) is 8.94. The summed E-state index contributed by atoms with van der Waals surface area (Å²) in [4.78, 5) is 0. The van der Waals surface area contributed by atoms with Crippen LogP contribution in [0.15, 0.2) is 24.3 Å². The molecule has 1 atom stereocenters. The monoisotopic (exact) mass is 361 g/mol. The van der Waals surface area contributed by atoms with Crippen molar-refractivity contribution in [1.29, 1.82) is 0 Å². The van der Waals surface area contributed by atoms with Crippen LogP contribution in [0.4, 0.5) is 4.39 Å². The molecule has 1 aromatic rings. The van der Waals surface area contributed by atoms with Crippen LogP contribution in [-0.2, 0) is 4.74 Å². The van der Waals surface area contributed by atoms with E-state index >= 15 is 0 Å². The van der Waals surface area contributed by atoms with Gasteiger partial charge in [0.05, 0.1) is 12.2 Å². The fraction of sp³-hybridized carbons (Fsp3) is 0.727. The summed E-state index contributed by atoms with van der Waals surface area (Å²) in [6, 6.07) is 6.45. The lowest BCUT2D eigenvalue weighted by atomic mass is 9.74. The average molecular weight is 362 g/mol. The van der Waals surface area contributed by atoms with Gasteiger partial charge in [0.25, 0.3) is 0 Å². The van der Waals surface area contributed by atoms with Crippen LogP contribution in [-0.4, -0.2) is 29.4 Å². The zero-order chi connectivity index (χ0) is 18.2. The van der Waals surface area contributed by atoms with Crippen molar-refractivity contribution in [3.05, 3.63) is 35.6 Å². The Bertz CT molecular complexity index is 618. The van der Waals surface area contributed by atoms with Gasteiger partial charge in [-0.25, -0.2) is 4.39 Å². The maximum Gasteiger partial charge on any atom is 0.123 e. The van der Waals surface area contributed by atoms with E-state index in [-0.39, 0.29) is 16.9 Å². The molecule has 2 aliphatic heterocycles. The van der Waals surface area contributed by atoms with E-state index in [1.807, 2.05) is 13.2 Å². The Morgan fingerprint density at radius 1 is 1.19 bits per heavy atom. The lowest BCUT2D eigenvalue weighted by molar-refractivity contribution is 0.0539. The molecule has 2 heterocycles. The minimum absolute atomic E-state index is 0.187. The first kappa shape index (κ1) is 18.4. The van der Waals surface area contributed by atoms with Gasteiger partial charge >= 0.3 is 0 Å². The van der Waals surface area contributed by atoms with Crippen molar-refractivity contribution in [2.24, 2.45) is 5.92 Å². The largest absolute Gasteiger partial charge is 0.386 e. The zero-order valence-corrected chi connectivity index (χ0v) is 15.8. The summed E-state index contributed by atoms with van der Waals surface area (Å²) in [5, 5.41) is 14.8. The van der Waals surface area contributed by atoms with Gasteiger partial charge in [-0.05, 0) is 87.8 Å².